The van der Waals surface area contributed by atoms with E-state index in [0.717, 1.165) is 12.8 Å². The molecule has 0 aromatic carbocycles. The molecule has 0 saturated carbocycles. The van der Waals surface area contributed by atoms with Crippen LogP contribution in [0.2, 0.25) is 8.67 Å². The summed E-state index contributed by atoms with van der Waals surface area (Å²) < 4.78 is 0.864. The van der Waals surface area contributed by atoms with Crippen LogP contribution in [0.5, 0.6) is 0 Å². The highest BCUT2D eigenvalue weighted by molar-refractivity contribution is 7.20. The van der Waals surface area contributed by atoms with Crippen LogP contribution < -0.4 is 5.32 Å². The van der Waals surface area contributed by atoms with Gasteiger partial charge in [-0.1, -0.05) is 23.2 Å². The molecule has 2 aromatic rings. The van der Waals surface area contributed by atoms with Gasteiger partial charge in [0.05, 0.1) is 15.8 Å². The van der Waals surface area contributed by atoms with Crippen molar-refractivity contribution in [1.29, 1.82) is 0 Å². The van der Waals surface area contributed by atoms with Gasteiger partial charge in [0.2, 0.25) is 5.91 Å². The predicted molar refractivity (Wildman–Crippen MR) is 93.7 cm³/mol. The lowest BCUT2D eigenvalue weighted by molar-refractivity contribution is -0.121. The molecule has 0 bridgehead atoms. The minimum absolute atomic E-state index is 0.105. The molecule has 9 heteroatoms. The van der Waals surface area contributed by atoms with Crippen LogP contribution in [0.3, 0.4) is 0 Å². The van der Waals surface area contributed by atoms with Crippen LogP contribution >= 0.6 is 45.9 Å². The van der Waals surface area contributed by atoms with Gasteiger partial charge >= 0.3 is 0 Å². The number of nitrogens with one attached hydrogen (secondary N) is 1. The van der Waals surface area contributed by atoms with E-state index >= 15 is 0 Å². The Balaban J connectivity index is 1.67. The molecule has 1 saturated heterocycles. The third-order valence-electron chi connectivity index (χ3n) is 3.63. The highest BCUT2D eigenvalue weighted by Gasteiger charge is 2.30. The van der Waals surface area contributed by atoms with Gasteiger partial charge in [0.15, 0.2) is 5.13 Å². The summed E-state index contributed by atoms with van der Waals surface area (Å²) in [6.45, 7) is 0.990. The Bertz CT molecular complexity index is 718. The summed E-state index contributed by atoms with van der Waals surface area (Å²) in [6.07, 6.45) is 3.16. The third kappa shape index (κ3) is 3.85. The number of nitrogens with zero attached hydrogens (tertiary/aromatic N) is 2. The minimum atomic E-state index is -0.246. The van der Waals surface area contributed by atoms with E-state index < -0.39 is 0 Å². The second kappa shape index (κ2) is 7.17. The Labute approximate surface area is 151 Å². The van der Waals surface area contributed by atoms with Crippen LogP contribution in [0.1, 0.15) is 23.2 Å². The van der Waals surface area contributed by atoms with Gasteiger partial charge in [-0.15, -0.1) is 22.7 Å². The molecular weight excluding hydrogens is 377 g/mol. The molecule has 0 spiro atoms. The first-order valence-corrected chi connectivity index (χ1v) is 9.44. The summed E-state index contributed by atoms with van der Waals surface area (Å²) in [5, 5.41) is 5.17. The smallest absolute Gasteiger partial charge is 0.256 e. The molecule has 0 radical (unpaired) electrons. The van der Waals surface area contributed by atoms with Crippen LogP contribution in [0.15, 0.2) is 17.6 Å². The topological polar surface area (TPSA) is 62.3 Å². The van der Waals surface area contributed by atoms with E-state index in [4.69, 9.17) is 23.2 Å². The van der Waals surface area contributed by atoms with Gasteiger partial charge in [-0.05, 0) is 18.9 Å². The van der Waals surface area contributed by atoms with Crippen molar-refractivity contribution in [3.05, 3.63) is 31.9 Å². The van der Waals surface area contributed by atoms with Gasteiger partial charge in [0.25, 0.3) is 5.91 Å². The van der Waals surface area contributed by atoms with Gasteiger partial charge in [-0.25, -0.2) is 4.98 Å². The number of thiophene rings is 1. The molecule has 1 atom stereocenters. The summed E-state index contributed by atoms with van der Waals surface area (Å²) >= 11 is 14.5. The molecule has 1 fully saturated rings. The second-order valence-electron chi connectivity index (χ2n) is 5.15. The Kier molecular flexibility index (Phi) is 5.21. The fourth-order valence-corrected chi connectivity index (χ4v) is 4.50. The SMILES string of the molecule is O=C(Nc1nccs1)C1CCCN(C(=O)c2cc(Cl)sc2Cl)C1. The number of carbonyl (C=O) groups is 2. The molecule has 1 aliphatic heterocycles. The second-order valence-corrected chi connectivity index (χ2v) is 8.33. The number of halogens is 2. The summed E-state index contributed by atoms with van der Waals surface area (Å²) in [6, 6.07) is 1.58. The maximum absolute atomic E-state index is 12.6. The third-order valence-corrected chi connectivity index (χ3v) is 5.81. The van der Waals surface area contributed by atoms with Gasteiger partial charge in [0, 0.05) is 24.7 Å². The van der Waals surface area contributed by atoms with Gasteiger partial charge in [0.1, 0.15) is 4.34 Å². The normalized spacial score (nSPS) is 18.0. The van der Waals surface area contributed by atoms with Crippen molar-refractivity contribution in [1.82, 2.24) is 9.88 Å². The number of anilines is 1. The number of thiazole rings is 1. The number of rotatable bonds is 3. The van der Waals surface area contributed by atoms with E-state index in [1.165, 1.54) is 22.7 Å². The zero-order chi connectivity index (χ0) is 16.4. The van der Waals surface area contributed by atoms with E-state index in [9.17, 15) is 9.59 Å². The number of aromatic nitrogens is 1. The minimum Gasteiger partial charge on any atom is -0.338 e. The maximum Gasteiger partial charge on any atom is 0.256 e. The average molecular weight is 390 g/mol. The molecule has 3 rings (SSSR count). The number of hydrogen-bond donors (Lipinski definition) is 1. The highest BCUT2D eigenvalue weighted by Crippen LogP contribution is 2.33. The highest BCUT2D eigenvalue weighted by atomic mass is 35.5. The Morgan fingerprint density at radius 2 is 2.22 bits per heavy atom. The first kappa shape index (κ1) is 16.7. The molecule has 2 aromatic heterocycles. The molecular formula is C14H13Cl2N3O2S2. The van der Waals surface area contributed by atoms with E-state index in [1.807, 2.05) is 0 Å². The number of carbonyl (C=O) groups excluding carboxylic acids is 2. The monoisotopic (exact) mass is 389 g/mol. The van der Waals surface area contributed by atoms with Crippen molar-refractivity contribution in [2.75, 3.05) is 18.4 Å². The largest absolute Gasteiger partial charge is 0.338 e. The van der Waals surface area contributed by atoms with Gasteiger partial charge in [-0.3, -0.25) is 9.59 Å². The van der Waals surface area contributed by atoms with Crippen LogP contribution in [0.4, 0.5) is 5.13 Å². The van der Waals surface area contributed by atoms with E-state index in [2.05, 4.69) is 10.3 Å². The summed E-state index contributed by atoms with van der Waals surface area (Å²) in [7, 11) is 0. The molecule has 1 N–H and O–H groups in total. The Morgan fingerprint density at radius 3 is 2.87 bits per heavy atom. The summed E-state index contributed by atoms with van der Waals surface area (Å²) in [5.41, 5.74) is 0.405. The first-order valence-electron chi connectivity index (χ1n) is 6.99. The predicted octanol–water partition coefficient (Wildman–Crippen LogP) is 4.00. The maximum atomic E-state index is 12.6. The van der Waals surface area contributed by atoms with Crippen molar-refractivity contribution in [3.63, 3.8) is 0 Å². The molecule has 5 nitrogen and oxygen atoms in total. The van der Waals surface area contributed by atoms with Crippen molar-refractivity contribution in [2.45, 2.75) is 12.8 Å². The number of amides is 2. The summed E-state index contributed by atoms with van der Waals surface area (Å²) in [4.78, 5) is 30.6. The quantitative estimate of drug-likeness (QED) is 0.862. The van der Waals surface area contributed by atoms with Gasteiger partial charge in [-0.2, -0.15) is 0 Å². The fourth-order valence-electron chi connectivity index (χ4n) is 2.52. The lowest BCUT2D eigenvalue weighted by Gasteiger charge is -2.31. The van der Waals surface area contributed by atoms with Crippen molar-refractivity contribution < 1.29 is 9.59 Å². The Morgan fingerprint density at radius 1 is 1.39 bits per heavy atom. The molecule has 23 heavy (non-hydrogen) atoms. The zero-order valence-electron chi connectivity index (χ0n) is 11.9. The number of hydrogen-bond acceptors (Lipinski definition) is 5. The molecule has 1 aliphatic rings. The van der Waals surface area contributed by atoms with Crippen LogP contribution in [-0.2, 0) is 4.79 Å². The zero-order valence-corrected chi connectivity index (χ0v) is 15.1. The number of likely N-dealkylation sites (tertiary alicyclic amines) is 1. The van der Waals surface area contributed by atoms with Crippen molar-refractivity contribution >= 4 is 62.8 Å². The fraction of sp³-hybridized carbons (Fsp3) is 0.357. The number of piperidine rings is 1. The van der Waals surface area contributed by atoms with Crippen molar-refractivity contribution in [3.8, 4) is 0 Å². The molecule has 0 aliphatic carbocycles. The summed E-state index contributed by atoms with van der Waals surface area (Å²) in [5.74, 6) is -0.527. The van der Waals surface area contributed by atoms with Crippen LogP contribution in [0.25, 0.3) is 0 Å². The van der Waals surface area contributed by atoms with Crippen LogP contribution in [-0.4, -0.2) is 34.8 Å². The van der Waals surface area contributed by atoms with E-state index in [1.54, 1.807) is 22.5 Å². The van der Waals surface area contributed by atoms with Crippen LogP contribution in [0, 0.1) is 5.92 Å². The molecule has 3 heterocycles. The average Bonchev–Trinajstić information content (AvgIpc) is 3.16. The van der Waals surface area contributed by atoms with E-state index in [-0.39, 0.29) is 17.7 Å². The van der Waals surface area contributed by atoms with Gasteiger partial charge < -0.3 is 10.2 Å². The first-order chi connectivity index (χ1) is 11.0. The lowest BCUT2D eigenvalue weighted by Crippen LogP contribution is -2.43. The molecule has 122 valence electrons. The molecule has 1 unspecified atom stereocenters. The van der Waals surface area contributed by atoms with Crippen molar-refractivity contribution in [2.24, 2.45) is 5.92 Å². The molecule has 2 amide bonds. The Hall–Kier alpha value is -1.15. The lowest BCUT2D eigenvalue weighted by atomic mass is 9.97. The van der Waals surface area contributed by atoms with E-state index in [0.29, 0.717) is 32.5 Å². The standard InChI is InChI=1S/C14H13Cl2N3O2S2/c15-10-6-9(11(16)23-10)13(21)19-4-1-2-8(7-19)12(20)18-14-17-3-5-22-14/h3,5-6,8H,1-2,4,7H2,(H,17,18,20).